The Kier molecular flexibility index (Phi) is 7.02. The molecule has 1 heterocycles. The van der Waals surface area contributed by atoms with Gasteiger partial charge in [-0.05, 0) is 6.42 Å². The molecule has 0 unspecified atom stereocenters. The van der Waals surface area contributed by atoms with Crippen molar-refractivity contribution in [1.82, 2.24) is 0 Å². The van der Waals surface area contributed by atoms with Gasteiger partial charge >= 0.3 is 0 Å². The van der Waals surface area contributed by atoms with Crippen LogP contribution in [0.5, 0.6) is 11.5 Å². The highest BCUT2D eigenvalue weighted by Crippen LogP contribution is 2.28. The maximum absolute atomic E-state index is 9.82. The van der Waals surface area contributed by atoms with Gasteiger partial charge in [0.25, 0.3) is 0 Å². The predicted octanol–water partition coefficient (Wildman–Crippen LogP) is -1.47. The molecule has 1 aromatic heterocycles. The van der Waals surface area contributed by atoms with E-state index in [0.29, 0.717) is 18.0 Å². The fraction of sp³-hybridized carbons (Fsp3) is 0.615. The number of hydrogen-bond acceptors (Lipinski definition) is 3. The second kappa shape index (κ2) is 7.44. The lowest BCUT2D eigenvalue weighted by Crippen LogP contribution is -3.00. The standard InChI is InChI=1S/C13H21NO3.ClH/c1-4-9(3)11(8-15)14-7-6-12(16)13(17)10(14)5-2;/h6-7,9,11,15,17H,4-5,8H2,1-3H3;1H/t9-,11+;/m0./s1. The average molecular weight is 276 g/mol. The van der Waals surface area contributed by atoms with Crippen LogP contribution in [0, 0.1) is 5.92 Å². The third-order valence-electron chi connectivity index (χ3n) is 3.40. The molecule has 0 aliphatic carbocycles. The van der Waals surface area contributed by atoms with E-state index in [9.17, 15) is 15.3 Å². The van der Waals surface area contributed by atoms with Crippen LogP contribution in [0.25, 0.3) is 0 Å². The zero-order valence-electron chi connectivity index (χ0n) is 11.1. The molecule has 0 fully saturated rings. The summed E-state index contributed by atoms with van der Waals surface area (Å²) in [6.45, 7) is 6.07. The van der Waals surface area contributed by atoms with Crippen LogP contribution in [0.15, 0.2) is 12.3 Å². The largest absolute Gasteiger partial charge is 1.00 e. The molecule has 4 nitrogen and oxygen atoms in total. The van der Waals surface area contributed by atoms with E-state index in [2.05, 4.69) is 13.8 Å². The Hall–Kier alpha value is -1.00. The first-order chi connectivity index (χ1) is 8.06. The van der Waals surface area contributed by atoms with Gasteiger partial charge in [-0.3, -0.25) is 0 Å². The Morgan fingerprint density at radius 2 is 1.89 bits per heavy atom. The van der Waals surface area contributed by atoms with Gasteiger partial charge in [-0.1, -0.05) is 20.8 Å². The molecule has 0 aromatic carbocycles. The fourth-order valence-corrected chi connectivity index (χ4v) is 2.06. The lowest BCUT2D eigenvalue weighted by molar-refractivity contribution is -0.738. The first-order valence-electron chi connectivity index (χ1n) is 6.12. The Morgan fingerprint density at radius 1 is 1.28 bits per heavy atom. The molecular weight excluding hydrogens is 254 g/mol. The molecule has 104 valence electrons. The number of rotatable bonds is 5. The van der Waals surface area contributed by atoms with E-state index >= 15 is 0 Å². The van der Waals surface area contributed by atoms with Crippen molar-refractivity contribution in [3.05, 3.63) is 18.0 Å². The van der Waals surface area contributed by atoms with Crippen molar-refractivity contribution in [2.24, 2.45) is 5.92 Å². The van der Waals surface area contributed by atoms with E-state index < -0.39 is 0 Å². The second-order valence-electron chi connectivity index (χ2n) is 4.39. The minimum absolute atomic E-state index is 0. The summed E-state index contributed by atoms with van der Waals surface area (Å²) in [4.78, 5) is 0. The van der Waals surface area contributed by atoms with Crippen LogP contribution in [-0.4, -0.2) is 21.9 Å². The highest BCUT2D eigenvalue weighted by atomic mass is 35.5. The van der Waals surface area contributed by atoms with E-state index in [4.69, 9.17) is 0 Å². The molecular formula is C13H22ClNO3. The first kappa shape index (κ1) is 17.0. The van der Waals surface area contributed by atoms with Crippen molar-refractivity contribution in [2.45, 2.75) is 39.7 Å². The maximum atomic E-state index is 9.82. The number of aromatic hydroxyl groups is 2. The van der Waals surface area contributed by atoms with Gasteiger partial charge in [0.1, 0.15) is 6.61 Å². The van der Waals surface area contributed by atoms with Crippen molar-refractivity contribution in [3.8, 4) is 11.5 Å². The summed E-state index contributed by atoms with van der Waals surface area (Å²) in [5.74, 6) is 0.106. The van der Waals surface area contributed by atoms with Crippen molar-refractivity contribution < 1.29 is 32.3 Å². The van der Waals surface area contributed by atoms with Crippen LogP contribution < -0.4 is 17.0 Å². The number of aliphatic hydroxyl groups is 1. The van der Waals surface area contributed by atoms with Crippen LogP contribution in [0.1, 0.15) is 38.9 Å². The third-order valence-corrected chi connectivity index (χ3v) is 3.40. The second-order valence-corrected chi connectivity index (χ2v) is 4.39. The van der Waals surface area contributed by atoms with Gasteiger partial charge in [0.2, 0.25) is 11.4 Å². The third kappa shape index (κ3) is 3.27. The highest BCUT2D eigenvalue weighted by Gasteiger charge is 2.29. The predicted molar refractivity (Wildman–Crippen MR) is 64.9 cm³/mol. The van der Waals surface area contributed by atoms with Gasteiger partial charge in [0.05, 0.1) is 0 Å². The van der Waals surface area contributed by atoms with Gasteiger partial charge in [-0.2, -0.15) is 4.57 Å². The summed E-state index contributed by atoms with van der Waals surface area (Å²) in [6.07, 6.45) is 3.27. The number of aliphatic hydroxyl groups excluding tert-OH is 1. The van der Waals surface area contributed by atoms with E-state index in [1.54, 1.807) is 6.20 Å². The highest BCUT2D eigenvalue weighted by molar-refractivity contribution is 5.37. The zero-order chi connectivity index (χ0) is 13.0. The molecule has 0 aliphatic rings. The van der Waals surface area contributed by atoms with Crippen molar-refractivity contribution in [1.29, 1.82) is 0 Å². The number of hydrogen-bond donors (Lipinski definition) is 3. The fourth-order valence-electron chi connectivity index (χ4n) is 2.06. The molecule has 5 heteroatoms. The Morgan fingerprint density at radius 3 is 2.33 bits per heavy atom. The van der Waals surface area contributed by atoms with Gasteiger partial charge in [-0.15, -0.1) is 0 Å². The number of aromatic nitrogens is 1. The smallest absolute Gasteiger partial charge is 0.227 e. The minimum Gasteiger partial charge on any atom is -1.00 e. The molecule has 18 heavy (non-hydrogen) atoms. The number of nitrogens with zero attached hydrogens (tertiary/aromatic N) is 1. The quantitative estimate of drug-likeness (QED) is 0.575. The molecule has 0 saturated heterocycles. The summed E-state index contributed by atoms with van der Waals surface area (Å²) in [6, 6.07) is 1.39. The molecule has 0 spiro atoms. The Bertz CT molecular complexity index is 385. The summed E-state index contributed by atoms with van der Waals surface area (Å²) < 4.78 is 1.86. The van der Waals surface area contributed by atoms with E-state index in [-0.39, 0.29) is 36.6 Å². The summed E-state index contributed by atoms with van der Waals surface area (Å²) in [5, 5.41) is 28.8. The van der Waals surface area contributed by atoms with Crippen LogP contribution in [0.4, 0.5) is 0 Å². The molecule has 0 radical (unpaired) electrons. The minimum atomic E-state index is -0.112. The van der Waals surface area contributed by atoms with Crippen molar-refractivity contribution >= 4 is 0 Å². The van der Waals surface area contributed by atoms with Crippen LogP contribution >= 0.6 is 0 Å². The number of pyridine rings is 1. The van der Waals surface area contributed by atoms with Gasteiger partial charge in [0, 0.05) is 18.4 Å². The van der Waals surface area contributed by atoms with Crippen LogP contribution in [0.2, 0.25) is 0 Å². The summed E-state index contributed by atoms with van der Waals surface area (Å²) in [5.41, 5.74) is 0.657. The molecule has 1 rings (SSSR count). The van der Waals surface area contributed by atoms with Crippen molar-refractivity contribution in [3.63, 3.8) is 0 Å². The Labute approximate surface area is 114 Å². The van der Waals surface area contributed by atoms with Gasteiger partial charge < -0.3 is 27.7 Å². The van der Waals surface area contributed by atoms with E-state index in [1.807, 2.05) is 11.5 Å². The topological polar surface area (TPSA) is 64.6 Å². The Balaban J connectivity index is 0.00000289. The summed E-state index contributed by atoms with van der Waals surface area (Å²) >= 11 is 0. The molecule has 0 amide bonds. The lowest BCUT2D eigenvalue weighted by atomic mass is 9.98. The van der Waals surface area contributed by atoms with Crippen molar-refractivity contribution in [2.75, 3.05) is 6.61 Å². The molecule has 1 aromatic rings. The SMILES string of the molecule is CCc1c(O)c(O)cc[n+]1[C@H](CO)[C@@H](C)CC.[Cl-]. The maximum Gasteiger partial charge on any atom is 0.227 e. The molecule has 0 saturated carbocycles. The zero-order valence-corrected chi connectivity index (χ0v) is 11.9. The summed E-state index contributed by atoms with van der Waals surface area (Å²) in [7, 11) is 0. The molecule has 0 bridgehead atoms. The average Bonchev–Trinajstić information content (AvgIpc) is 2.34. The van der Waals surface area contributed by atoms with Crippen LogP contribution in [0.3, 0.4) is 0 Å². The van der Waals surface area contributed by atoms with E-state index in [0.717, 1.165) is 6.42 Å². The van der Waals surface area contributed by atoms with Crippen LogP contribution in [-0.2, 0) is 6.42 Å². The first-order valence-corrected chi connectivity index (χ1v) is 6.12. The lowest BCUT2D eigenvalue weighted by Gasteiger charge is -2.18. The van der Waals surface area contributed by atoms with E-state index in [1.165, 1.54) is 6.07 Å². The molecule has 2 atom stereocenters. The molecule has 3 N–H and O–H groups in total. The van der Waals surface area contributed by atoms with Gasteiger partial charge in [-0.25, -0.2) is 0 Å². The normalized spacial score (nSPS) is 13.8. The molecule has 0 aliphatic heterocycles. The van der Waals surface area contributed by atoms with Gasteiger partial charge in [0.15, 0.2) is 18.0 Å². The monoisotopic (exact) mass is 275 g/mol. The number of halogens is 1.